The van der Waals surface area contributed by atoms with Gasteiger partial charge in [0.15, 0.2) is 9.84 Å². The van der Waals surface area contributed by atoms with Crippen molar-refractivity contribution in [2.75, 3.05) is 19.3 Å². The summed E-state index contributed by atoms with van der Waals surface area (Å²) < 4.78 is 28.9. The summed E-state index contributed by atoms with van der Waals surface area (Å²) in [6.07, 6.45) is -0.0332. The lowest BCUT2D eigenvalue weighted by Crippen LogP contribution is -2.36. The standard InChI is InChI=1S/C20H23NO5S/c1-4-21(5-2)19(22)18(15-10-7-6-8-11-15)26-20(23)16-12-9-13-17(14-16)27(3,24)25/h6-14,18H,4-5H2,1-3H3. The maximum atomic E-state index is 12.9. The molecule has 0 saturated carbocycles. The van der Waals surface area contributed by atoms with Crippen molar-refractivity contribution in [3.05, 3.63) is 65.7 Å². The van der Waals surface area contributed by atoms with E-state index in [0.717, 1.165) is 6.26 Å². The highest BCUT2D eigenvalue weighted by Crippen LogP contribution is 2.23. The Bertz CT molecular complexity index is 905. The first-order chi connectivity index (χ1) is 12.8. The normalized spacial score (nSPS) is 12.3. The first-order valence-corrected chi connectivity index (χ1v) is 10.5. The molecule has 2 aromatic carbocycles. The molecule has 0 radical (unpaired) electrons. The fourth-order valence-electron chi connectivity index (χ4n) is 2.62. The summed E-state index contributed by atoms with van der Waals surface area (Å²) in [4.78, 5) is 27.1. The highest BCUT2D eigenvalue weighted by atomic mass is 32.2. The Hall–Kier alpha value is -2.67. The second-order valence-electron chi connectivity index (χ2n) is 6.01. The number of hydrogen-bond acceptors (Lipinski definition) is 5. The van der Waals surface area contributed by atoms with Gasteiger partial charge in [0.25, 0.3) is 5.91 Å². The number of nitrogens with zero attached hydrogens (tertiary/aromatic N) is 1. The number of benzene rings is 2. The van der Waals surface area contributed by atoms with E-state index in [0.29, 0.717) is 18.7 Å². The van der Waals surface area contributed by atoms with Crippen LogP contribution in [-0.4, -0.2) is 44.5 Å². The van der Waals surface area contributed by atoms with Crippen LogP contribution in [0.25, 0.3) is 0 Å². The van der Waals surface area contributed by atoms with Crippen molar-refractivity contribution in [2.45, 2.75) is 24.8 Å². The van der Waals surface area contributed by atoms with Crippen LogP contribution < -0.4 is 0 Å². The molecular formula is C20H23NO5S. The molecule has 6 nitrogen and oxygen atoms in total. The fraction of sp³-hybridized carbons (Fsp3) is 0.300. The molecule has 0 fully saturated rings. The van der Waals surface area contributed by atoms with Crippen LogP contribution >= 0.6 is 0 Å². The molecule has 2 aromatic rings. The molecule has 2 rings (SSSR count). The van der Waals surface area contributed by atoms with Gasteiger partial charge >= 0.3 is 5.97 Å². The molecule has 0 bridgehead atoms. The smallest absolute Gasteiger partial charge is 0.339 e. The Morgan fingerprint density at radius 3 is 2.19 bits per heavy atom. The van der Waals surface area contributed by atoms with Crippen molar-refractivity contribution in [1.82, 2.24) is 4.90 Å². The van der Waals surface area contributed by atoms with Crippen LogP contribution in [-0.2, 0) is 19.4 Å². The van der Waals surface area contributed by atoms with E-state index in [-0.39, 0.29) is 16.4 Å². The quantitative estimate of drug-likeness (QED) is 0.680. The van der Waals surface area contributed by atoms with Gasteiger partial charge in [-0.1, -0.05) is 36.4 Å². The molecule has 7 heteroatoms. The van der Waals surface area contributed by atoms with E-state index in [4.69, 9.17) is 4.74 Å². The monoisotopic (exact) mass is 389 g/mol. The van der Waals surface area contributed by atoms with Crippen molar-refractivity contribution in [3.63, 3.8) is 0 Å². The minimum Gasteiger partial charge on any atom is -0.444 e. The second-order valence-corrected chi connectivity index (χ2v) is 8.02. The Balaban J connectivity index is 2.35. The molecule has 0 spiro atoms. The molecule has 0 aromatic heterocycles. The number of rotatable bonds is 7. The molecular weight excluding hydrogens is 366 g/mol. The van der Waals surface area contributed by atoms with E-state index in [1.54, 1.807) is 35.2 Å². The van der Waals surface area contributed by atoms with Gasteiger partial charge in [-0.05, 0) is 32.0 Å². The highest BCUT2D eigenvalue weighted by Gasteiger charge is 2.29. The topological polar surface area (TPSA) is 80.8 Å². The van der Waals surface area contributed by atoms with Gasteiger partial charge in [0.05, 0.1) is 10.5 Å². The molecule has 27 heavy (non-hydrogen) atoms. The molecule has 0 aliphatic carbocycles. The Morgan fingerprint density at radius 2 is 1.63 bits per heavy atom. The number of esters is 1. The number of sulfone groups is 1. The maximum absolute atomic E-state index is 12.9. The summed E-state index contributed by atoms with van der Waals surface area (Å²) >= 11 is 0. The van der Waals surface area contributed by atoms with Gasteiger partial charge in [0.2, 0.25) is 6.10 Å². The van der Waals surface area contributed by atoms with Crippen molar-refractivity contribution < 1.29 is 22.7 Å². The van der Waals surface area contributed by atoms with E-state index in [1.807, 2.05) is 13.8 Å². The zero-order valence-electron chi connectivity index (χ0n) is 15.6. The van der Waals surface area contributed by atoms with Crippen molar-refractivity contribution in [3.8, 4) is 0 Å². The van der Waals surface area contributed by atoms with E-state index in [2.05, 4.69) is 0 Å². The van der Waals surface area contributed by atoms with Gasteiger partial charge in [-0.2, -0.15) is 0 Å². The van der Waals surface area contributed by atoms with Gasteiger partial charge in [-0.3, -0.25) is 4.79 Å². The fourth-order valence-corrected chi connectivity index (χ4v) is 3.29. The molecule has 0 N–H and O–H groups in total. The molecule has 0 aliphatic heterocycles. The number of hydrogen-bond donors (Lipinski definition) is 0. The van der Waals surface area contributed by atoms with Crippen LogP contribution in [0, 0.1) is 0 Å². The first kappa shape index (κ1) is 20.6. The summed E-state index contributed by atoms with van der Waals surface area (Å²) in [7, 11) is -3.46. The van der Waals surface area contributed by atoms with Gasteiger partial charge < -0.3 is 9.64 Å². The zero-order valence-corrected chi connectivity index (χ0v) is 16.4. The highest BCUT2D eigenvalue weighted by molar-refractivity contribution is 7.90. The third kappa shape index (κ3) is 5.17. The summed E-state index contributed by atoms with van der Waals surface area (Å²) in [6.45, 7) is 4.67. The Morgan fingerprint density at radius 1 is 1.00 bits per heavy atom. The number of ether oxygens (including phenoxy) is 1. The van der Waals surface area contributed by atoms with Crippen LogP contribution in [0.4, 0.5) is 0 Å². The largest absolute Gasteiger partial charge is 0.444 e. The minimum atomic E-state index is -3.46. The van der Waals surface area contributed by atoms with Crippen molar-refractivity contribution >= 4 is 21.7 Å². The number of likely N-dealkylation sites (N-methyl/N-ethyl adjacent to an activating group) is 1. The van der Waals surface area contributed by atoms with Gasteiger partial charge in [0.1, 0.15) is 0 Å². The molecule has 1 amide bonds. The van der Waals surface area contributed by atoms with Gasteiger partial charge in [-0.15, -0.1) is 0 Å². The van der Waals surface area contributed by atoms with Crippen molar-refractivity contribution in [2.24, 2.45) is 0 Å². The number of carbonyl (C=O) groups excluding carboxylic acids is 2. The van der Waals surface area contributed by atoms with Crippen molar-refractivity contribution in [1.29, 1.82) is 0 Å². The van der Waals surface area contributed by atoms with Gasteiger partial charge in [0, 0.05) is 24.9 Å². The molecule has 0 heterocycles. The van der Waals surface area contributed by atoms with Crippen LogP contribution in [0.2, 0.25) is 0 Å². The average Bonchev–Trinajstić information content (AvgIpc) is 2.67. The summed E-state index contributed by atoms with van der Waals surface area (Å²) in [6, 6.07) is 14.3. The average molecular weight is 389 g/mol. The Kier molecular flexibility index (Phi) is 6.74. The van der Waals surface area contributed by atoms with Crippen LogP contribution in [0.5, 0.6) is 0 Å². The predicted octanol–water partition coefficient (Wildman–Crippen LogP) is 2.86. The maximum Gasteiger partial charge on any atom is 0.339 e. The predicted molar refractivity (Wildman–Crippen MR) is 102 cm³/mol. The zero-order chi connectivity index (χ0) is 20.0. The molecule has 0 aliphatic rings. The number of amides is 1. The lowest BCUT2D eigenvalue weighted by molar-refractivity contribution is -0.140. The summed E-state index contributed by atoms with van der Waals surface area (Å²) in [5.74, 6) is -1.08. The van der Waals surface area contributed by atoms with Gasteiger partial charge in [-0.25, -0.2) is 13.2 Å². The first-order valence-electron chi connectivity index (χ1n) is 8.62. The second kappa shape index (κ2) is 8.81. The van der Waals surface area contributed by atoms with Crippen LogP contribution in [0.3, 0.4) is 0 Å². The number of carbonyl (C=O) groups is 2. The lowest BCUT2D eigenvalue weighted by Gasteiger charge is -2.25. The third-order valence-electron chi connectivity index (χ3n) is 4.12. The van der Waals surface area contributed by atoms with E-state index >= 15 is 0 Å². The lowest BCUT2D eigenvalue weighted by atomic mass is 10.1. The minimum absolute atomic E-state index is 0.0169. The van der Waals surface area contributed by atoms with E-state index < -0.39 is 21.9 Å². The molecule has 144 valence electrons. The summed E-state index contributed by atoms with van der Waals surface area (Å²) in [5, 5.41) is 0. The summed E-state index contributed by atoms with van der Waals surface area (Å²) in [5.41, 5.74) is 0.633. The third-order valence-corrected chi connectivity index (χ3v) is 5.23. The van der Waals surface area contributed by atoms with Crippen LogP contribution in [0.15, 0.2) is 59.5 Å². The van der Waals surface area contributed by atoms with E-state index in [1.165, 1.54) is 24.3 Å². The molecule has 1 atom stereocenters. The van der Waals surface area contributed by atoms with E-state index in [9.17, 15) is 18.0 Å². The van der Waals surface area contributed by atoms with Crippen LogP contribution in [0.1, 0.15) is 35.9 Å². The molecule has 1 unspecified atom stereocenters. The SMILES string of the molecule is CCN(CC)C(=O)C(OC(=O)c1cccc(S(C)(=O)=O)c1)c1ccccc1. The molecule has 0 saturated heterocycles. The Labute approximate surface area is 159 Å².